The average Bonchev–Trinajstić information content (AvgIpc) is 2.26. The van der Waals surface area contributed by atoms with E-state index in [1.807, 2.05) is 6.92 Å². The van der Waals surface area contributed by atoms with Gasteiger partial charge in [0.2, 0.25) is 0 Å². The van der Waals surface area contributed by atoms with Crippen LogP contribution >= 0.6 is 11.6 Å². The van der Waals surface area contributed by atoms with E-state index in [-0.39, 0.29) is 17.6 Å². The Morgan fingerprint density at radius 3 is 2.88 bits per heavy atom. The van der Waals surface area contributed by atoms with Gasteiger partial charge in [0, 0.05) is 17.6 Å². The predicted octanol–water partition coefficient (Wildman–Crippen LogP) is 3.24. The molecule has 1 aromatic carbocycles. The number of ether oxygens (including phenoxy) is 1. The third-order valence-corrected chi connectivity index (χ3v) is 2.41. The van der Waals surface area contributed by atoms with Crippen LogP contribution in [0.25, 0.3) is 0 Å². The monoisotopic (exact) mass is 243 g/mol. The summed E-state index contributed by atoms with van der Waals surface area (Å²) in [6.45, 7) is 6.07. The van der Waals surface area contributed by atoms with Crippen molar-refractivity contribution in [1.29, 1.82) is 0 Å². The van der Waals surface area contributed by atoms with Crippen molar-refractivity contribution in [3.63, 3.8) is 0 Å². The highest BCUT2D eigenvalue weighted by atomic mass is 35.5. The van der Waals surface area contributed by atoms with Crippen LogP contribution in [-0.2, 0) is 0 Å². The first kappa shape index (κ1) is 13.0. The molecule has 0 amide bonds. The lowest BCUT2D eigenvalue weighted by Gasteiger charge is -2.14. The molecule has 88 valence electrons. The second kappa shape index (κ2) is 5.87. The minimum Gasteiger partial charge on any atom is -0.494 e. The molecule has 1 atom stereocenters. The second-order valence-corrected chi connectivity index (χ2v) is 4.05. The third kappa shape index (κ3) is 3.51. The number of hydrogen-bond acceptors (Lipinski definition) is 2. The van der Waals surface area contributed by atoms with Gasteiger partial charge >= 0.3 is 0 Å². The second-order valence-electron chi connectivity index (χ2n) is 3.51. The first-order valence-electron chi connectivity index (χ1n) is 4.94. The van der Waals surface area contributed by atoms with Crippen molar-refractivity contribution in [3.05, 3.63) is 41.2 Å². The molecule has 0 saturated heterocycles. The maximum absolute atomic E-state index is 13.2. The molecule has 1 unspecified atom stereocenters. The van der Waals surface area contributed by atoms with Crippen LogP contribution < -0.4 is 10.1 Å². The van der Waals surface area contributed by atoms with E-state index in [0.29, 0.717) is 11.6 Å². The molecule has 16 heavy (non-hydrogen) atoms. The van der Waals surface area contributed by atoms with Gasteiger partial charge < -0.3 is 10.1 Å². The summed E-state index contributed by atoms with van der Waals surface area (Å²) in [6.07, 6.45) is 0. The topological polar surface area (TPSA) is 21.3 Å². The van der Waals surface area contributed by atoms with Gasteiger partial charge in [-0.25, -0.2) is 4.39 Å². The zero-order chi connectivity index (χ0) is 12.1. The lowest BCUT2D eigenvalue weighted by atomic mass is 10.1. The molecular weight excluding hydrogens is 229 g/mol. The normalized spacial score (nSPS) is 12.2. The van der Waals surface area contributed by atoms with E-state index in [0.717, 1.165) is 5.56 Å². The molecule has 0 aromatic heterocycles. The van der Waals surface area contributed by atoms with Gasteiger partial charge in [-0.15, -0.1) is 0 Å². The molecular formula is C12H15ClFNO. The molecule has 0 fully saturated rings. The summed E-state index contributed by atoms with van der Waals surface area (Å²) in [5.74, 6) is -0.115. The molecule has 1 aromatic rings. The van der Waals surface area contributed by atoms with Gasteiger partial charge in [0.15, 0.2) is 11.6 Å². The Kier molecular flexibility index (Phi) is 4.77. The van der Waals surface area contributed by atoms with E-state index >= 15 is 0 Å². The van der Waals surface area contributed by atoms with E-state index in [1.165, 1.54) is 13.2 Å². The zero-order valence-corrected chi connectivity index (χ0v) is 10.1. The van der Waals surface area contributed by atoms with Crippen LogP contribution in [0.2, 0.25) is 0 Å². The van der Waals surface area contributed by atoms with Gasteiger partial charge in [-0.3, -0.25) is 0 Å². The number of methoxy groups -OCH3 is 1. The Morgan fingerprint density at radius 1 is 1.62 bits per heavy atom. The zero-order valence-electron chi connectivity index (χ0n) is 9.39. The minimum atomic E-state index is -0.361. The van der Waals surface area contributed by atoms with E-state index in [2.05, 4.69) is 11.9 Å². The summed E-state index contributed by atoms with van der Waals surface area (Å²) in [7, 11) is 1.45. The number of halogens is 2. The molecule has 0 aliphatic carbocycles. The fourth-order valence-corrected chi connectivity index (χ4v) is 1.40. The number of rotatable bonds is 5. The van der Waals surface area contributed by atoms with Gasteiger partial charge in [0.05, 0.1) is 7.11 Å². The van der Waals surface area contributed by atoms with Crippen molar-refractivity contribution >= 4 is 11.6 Å². The Labute approximate surface area is 100 Å². The molecule has 1 N–H and O–H groups in total. The van der Waals surface area contributed by atoms with Gasteiger partial charge in [-0.05, 0) is 24.6 Å². The smallest absolute Gasteiger partial charge is 0.165 e. The molecule has 0 aliphatic rings. The summed E-state index contributed by atoms with van der Waals surface area (Å²) in [5, 5.41) is 3.70. The summed E-state index contributed by atoms with van der Waals surface area (Å²) in [6, 6.07) is 4.84. The minimum absolute atomic E-state index is 0.0602. The van der Waals surface area contributed by atoms with Gasteiger partial charge in [0.25, 0.3) is 0 Å². The van der Waals surface area contributed by atoms with E-state index in [1.54, 1.807) is 12.1 Å². The number of nitrogens with one attached hydrogen (secondary N) is 1. The molecule has 1 rings (SSSR count). The lowest BCUT2D eigenvalue weighted by molar-refractivity contribution is 0.385. The molecule has 0 saturated carbocycles. The Hall–Kier alpha value is -1.06. The van der Waals surface area contributed by atoms with Crippen LogP contribution in [0.15, 0.2) is 29.8 Å². The molecule has 4 heteroatoms. The van der Waals surface area contributed by atoms with Crippen LogP contribution in [0.5, 0.6) is 5.75 Å². The SMILES string of the molecule is C=C(Cl)CNC(C)c1ccc(F)c(OC)c1. The maximum atomic E-state index is 13.2. The fraction of sp³-hybridized carbons (Fsp3) is 0.333. The lowest BCUT2D eigenvalue weighted by Crippen LogP contribution is -2.19. The van der Waals surface area contributed by atoms with E-state index in [9.17, 15) is 4.39 Å². The van der Waals surface area contributed by atoms with Crippen molar-refractivity contribution in [3.8, 4) is 5.75 Å². The maximum Gasteiger partial charge on any atom is 0.165 e. The molecule has 0 bridgehead atoms. The quantitative estimate of drug-likeness (QED) is 0.857. The molecule has 0 aliphatic heterocycles. The van der Waals surface area contributed by atoms with Crippen LogP contribution in [0, 0.1) is 5.82 Å². The average molecular weight is 244 g/mol. The predicted molar refractivity (Wildman–Crippen MR) is 64.4 cm³/mol. The highest BCUT2D eigenvalue weighted by Gasteiger charge is 2.09. The van der Waals surface area contributed by atoms with Crippen molar-refractivity contribution in [2.45, 2.75) is 13.0 Å². The summed E-state index contributed by atoms with van der Waals surface area (Å²) in [4.78, 5) is 0. The van der Waals surface area contributed by atoms with Crippen molar-refractivity contribution < 1.29 is 9.13 Å². The summed E-state index contributed by atoms with van der Waals surface area (Å²) < 4.78 is 18.1. The highest BCUT2D eigenvalue weighted by Crippen LogP contribution is 2.22. The first-order valence-corrected chi connectivity index (χ1v) is 5.32. The van der Waals surface area contributed by atoms with Crippen molar-refractivity contribution in [2.24, 2.45) is 0 Å². The first-order chi connectivity index (χ1) is 7.54. The molecule has 0 radical (unpaired) electrons. The van der Waals surface area contributed by atoms with Crippen LogP contribution in [0.4, 0.5) is 4.39 Å². The molecule has 0 spiro atoms. The van der Waals surface area contributed by atoms with Crippen molar-refractivity contribution in [1.82, 2.24) is 5.32 Å². The highest BCUT2D eigenvalue weighted by molar-refractivity contribution is 6.29. The van der Waals surface area contributed by atoms with Gasteiger partial charge in [-0.2, -0.15) is 0 Å². The summed E-state index contributed by atoms with van der Waals surface area (Å²) >= 11 is 5.65. The standard InChI is InChI=1S/C12H15ClFNO/c1-8(13)7-15-9(2)10-4-5-11(14)12(6-10)16-3/h4-6,9,15H,1,7H2,2-3H3. The van der Waals surface area contributed by atoms with E-state index < -0.39 is 0 Å². The van der Waals surface area contributed by atoms with Crippen molar-refractivity contribution in [2.75, 3.05) is 13.7 Å². The Bertz CT molecular complexity index is 381. The van der Waals surface area contributed by atoms with Crippen LogP contribution in [0.3, 0.4) is 0 Å². The van der Waals surface area contributed by atoms with Gasteiger partial charge in [-0.1, -0.05) is 24.2 Å². The van der Waals surface area contributed by atoms with E-state index in [4.69, 9.17) is 16.3 Å². The summed E-state index contributed by atoms with van der Waals surface area (Å²) in [5.41, 5.74) is 0.941. The largest absolute Gasteiger partial charge is 0.494 e. The Balaban J connectivity index is 2.75. The van der Waals surface area contributed by atoms with Gasteiger partial charge in [0.1, 0.15) is 0 Å². The van der Waals surface area contributed by atoms with Crippen LogP contribution in [-0.4, -0.2) is 13.7 Å². The number of benzene rings is 1. The fourth-order valence-electron chi connectivity index (χ4n) is 1.33. The number of hydrogen-bond donors (Lipinski definition) is 1. The molecule has 2 nitrogen and oxygen atoms in total. The van der Waals surface area contributed by atoms with Crippen LogP contribution in [0.1, 0.15) is 18.5 Å². The Morgan fingerprint density at radius 2 is 2.31 bits per heavy atom. The third-order valence-electron chi connectivity index (χ3n) is 2.28. The molecule has 0 heterocycles.